The van der Waals surface area contributed by atoms with Gasteiger partial charge in [-0.25, -0.2) is 0 Å². The second-order valence-electron chi connectivity index (χ2n) is 3.12. The van der Waals surface area contributed by atoms with Gasteiger partial charge in [-0.05, 0) is 6.07 Å². The Bertz CT molecular complexity index is 491. The maximum atomic E-state index is 13.2. The molecule has 1 N–H and O–H groups in total. The van der Waals surface area contributed by atoms with Crippen LogP contribution in [0.4, 0.5) is 18.9 Å². The zero-order chi connectivity index (χ0) is 13.9. The molecule has 0 fully saturated rings. The van der Waals surface area contributed by atoms with Crippen molar-refractivity contribution in [3.8, 4) is 5.75 Å². The topological polar surface area (TPSA) is 89.7 Å². The monoisotopic (exact) mass is 265 g/mol. The van der Waals surface area contributed by atoms with Gasteiger partial charge in [0.2, 0.25) is 5.82 Å². The van der Waals surface area contributed by atoms with E-state index in [1.807, 2.05) is 0 Å². The van der Waals surface area contributed by atoms with E-state index < -0.39 is 46.7 Å². The van der Waals surface area contributed by atoms with Gasteiger partial charge in [-0.2, -0.15) is 13.2 Å². The van der Waals surface area contributed by atoms with Crippen LogP contribution in [0.25, 0.3) is 0 Å². The minimum Gasteiger partial charge on any atom is -0.481 e. The van der Waals surface area contributed by atoms with Crippen molar-refractivity contribution in [3.05, 3.63) is 33.6 Å². The molecule has 1 rings (SSSR count). The number of halogens is 3. The number of hydrogen-bond acceptors (Lipinski definition) is 4. The lowest BCUT2D eigenvalue weighted by atomic mass is 10.1. The molecule has 0 bridgehead atoms. The molecule has 0 heterocycles. The van der Waals surface area contributed by atoms with Crippen LogP contribution < -0.4 is 4.74 Å². The fourth-order valence-corrected chi connectivity index (χ4v) is 1.23. The highest BCUT2D eigenvalue weighted by Crippen LogP contribution is 2.29. The number of nitro groups is 1. The molecule has 0 radical (unpaired) electrons. The average Bonchev–Trinajstić information content (AvgIpc) is 2.19. The standard InChI is InChI=1S/C9H6F3NO5/c10-5-1-4(2-8(14)15)7(18-9(11)12)3-6(5)13(16)17/h1,3,9H,2H2,(H,14,15). The van der Waals surface area contributed by atoms with Gasteiger partial charge in [0.15, 0.2) is 0 Å². The fourth-order valence-electron chi connectivity index (χ4n) is 1.23. The molecule has 0 aromatic heterocycles. The number of carbonyl (C=O) groups is 1. The van der Waals surface area contributed by atoms with E-state index >= 15 is 0 Å². The lowest BCUT2D eigenvalue weighted by Gasteiger charge is -2.09. The van der Waals surface area contributed by atoms with Gasteiger partial charge >= 0.3 is 18.3 Å². The van der Waals surface area contributed by atoms with Crippen molar-refractivity contribution in [2.24, 2.45) is 0 Å². The molecule has 0 atom stereocenters. The molecule has 0 aliphatic heterocycles. The second-order valence-corrected chi connectivity index (χ2v) is 3.12. The van der Waals surface area contributed by atoms with Gasteiger partial charge in [-0.1, -0.05) is 0 Å². The minimum atomic E-state index is -3.30. The van der Waals surface area contributed by atoms with Crippen molar-refractivity contribution in [2.75, 3.05) is 0 Å². The highest BCUT2D eigenvalue weighted by atomic mass is 19.3. The summed E-state index contributed by atoms with van der Waals surface area (Å²) in [6.07, 6.45) is -0.795. The van der Waals surface area contributed by atoms with Gasteiger partial charge in [-0.15, -0.1) is 0 Å². The third-order valence-corrected chi connectivity index (χ3v) is 1.88. The summed E-state index contributed by atoms with van der Waals surface area (Å²) >= 11 is 0. The predicted molar refractivity (Wildman–Crippen MR) is 51.0 cm³/mol. The smallest absolute Gasteiger partial charge is 0.387 e. The van der Waals surface area contributed by atoms with Crippen LogP contribution in [0, 0.1) is 15.9 Å². The number of aliphatic carboxylic acids is 1. The maximum Gasteiger partial charge on any atom is 0.387 e. The van der Waals surface area contributed by atoms with Crippen LogP contribution in [0.2, 0.25) is 0 Å². The predicted octanol–water partition coefficient (Wildman–Crippen LogP) is 1.96. The number of ether oxygens (including phenoxy) is 1. The number of nitrogens with zero attached hydrogens (tertiary/aromatic N) is 1. The summed E-state index contributed by atoms with van der Waals surface area (Å²) in [6, 6.07) is 0.920. The highest BCUT2D eigenvalue weighted by molar-refractivity contribution is 5.71. The zero-order valence-corrected chi connectivity index (χ0v) is 8.60. The molecule has 98 valence electrons. The van der Waals surface area contributed by atoms with Crippen LogP contribution in [-0.4, -0.2) is 22.6 Å². The number of hydrogen-bond donors (Lipinski definition) is 1. The molecule has 1 aromatic carbocycles. The number of nitro benzene ring substituents is 1. The van der Waals surface area contributed by atoms with Crippen LogP contribution in [-0.2, 0) is 11.2 Å². The SMILES string of the molecule is O=C(O)Cc1cc(F)c([N+](=O)[O-])cc1OC(F)F. The van der Waals surface area contributed by atoms with Gasteiger partial charge in [0.1, 0.15) is 5.75 Å². The molecule has 0 saturated heterocycles. The quantitative estimate of drug-likeness (QED) is 0.649. The summed E-state index contributed by atoms with van der Waals surface area (Å²) in [4.78, 5) is 19.7. The summed E-state index contributed by atoms with van der Waals surface area (Å²) in [5.41, 5.74) is -1.48. The number of alkyl halides is 2. The Morgan fingerprint density at radius 2 is 2.11 bits per heavy atom. The summed E-state index contributed by atoms with van der Waals surface area (Å²) in [5, 5.41) is 18.9. The molecule has 0 saturated carbocycles. The van der Waals surface area contributed by atoms with E-state index in [9.17, 15) is 28.1 Å². The van der Waals surface area contributed by atoms with E-state index in [1.165, 1.54) is 0 Å². The average molecular weight is 265 g/mol. The van der Waals surface area contributed by atoms with Crippen molar-refractivity contribution in [1.82, 2.24) is 0 Å². The molecular weight excluding hydrogens is 259 g/mol. The summed E-state index contributed by atoms with van der Waals surface area (Å²) in [6.45, 7) is -3.30. The van der Waals surface area contributed by atoms with Crippen LogP contribution in [0.5, 0.6) is 5.75 Å². The maximum absolute atomic E-state index is 13.2. The molecule has 9 heteroatoms. The first-order chi connectivity index (χ1) is 8.31. The Morgan fingerprint density at radius 1 is 1.50 bits per heavy atom. The van der Waals surface area contributed by atoms with Gasteiger partial charge in [0, 0.05) is 5.56 Å². The molecular formula is C9H6F3NO5. The van der Waals surface area contributed by atoms with E-state index in [0.29, 0.717) is 12.1 Å². The first-order valence-corrected chi connectivity index (χ1v) is 4.44. The van der Waals surface area contributed by atoms with Crippen molar-refractivity contribution < 1.29 is 32.7 Å². The molecule has 1 aromatic rings. The second kappa shape index (κ2) is 5.34. The van der Waals surface area contributed by atoms with Gasteiger partial charge < -0.3 is 9.84 Å². The Labute approximate surface area is 97.7 Å². The van der Waals surface area contributed by atoms with E-state index in [2.05, 4.69) is 4.74 Å². The normalized spacial score (nSPS) is 10.4. The largest absolute Gasteiger partial charge is 0.481 e. The van der Waals surface area contributed by atoms with Gasteiger partial charge in [0.25, 0.3) is 0 Å². The number of benzene rings is 1. The van der Waals surface area contributed by atoms with Crippen LogP contribution in [0.15, 0.2) is 12.1 Å². The highest BCUT2D eigenvalue weighted by Gasteiger charge is 2.22. The fraction of sp³-hybridized carbons (Fsp3) is 0.222. The van der Waals surface area contributed by atoms with Crippen molar-refractivity contribution in [3.63, 3.8) is 0 Å². The third kappa shape index (κ3) is 3.34. The Balaban J connectivity index is 3.27. The Morgan fingerprint density at radius 3 is 2.56 bits per heavy atom. The first kappa shape index (κ1) is 13.7. The number of carboxylic acid groups (broad SMARTS) is 1. The van der Waals surface area contributed by atoms with Gasteiger partial charge in [-0.3, -0.25) is 14.9 Å². The summed E-state index contributed by atoms with van der Waals surface area (Å²) in [5.74, 6) is -3.47. The molecule has 0 amide bonds. The third-order valence-electron chi connectivity index (χ3n) is 1.88. The molecule has 0 aliphatic carbocycles. The van der Waals surface area contributed by atoms with Crippen LogP contribution in [0.1, 0.15) is 5.56 Å². The molecule has 0 spiro atoms. The molecule has 0 aliphatic rings. The van der Waals surface area contributed by atoms with Crippen molar-refractivity contribution in [1.29, 1.82) is 0 Å². The number of rotatable bonds is 5. The summed E-state index contributed by atoms with van der Waals surface area (Å²) in [7, 11) is 0. The van der Waals surface area contributed by atoms with Crippen molar-refractivity contribution >= 4 is 11.7 Å². The minimum absolute atomic E-state index is 0.411. The molecule has 0 unspecified atom stereocenters. The van der Waals surface area contributed by atoms with E-state index in [-0.39, 0.29) is 0 Å². The first-order valence-electron chi connectivity index (χ1n) is 4.44. The lowest BCUT2D eigenvalue weighted by molar-refractivity contribution is -0.387. The zero-order valence-electron chi connectivity index (χ0n) is 8.60. The lowest BCUT2D eigenvalue weighted by Crippen LogP contribution is -2.09. The summed E-state index contributed by atoms with van der Waals surface area (Å²) < 4.78 is 41.2. The van der Waals surface area contributed by atoms with Crippen LogP contribution in [0.3, 0.4) is 0 Å². The molecule has 6 nitrogen and oxygen atoms in total. The Hall–Kier alpha value is -2.32. The van der Waals surface area contributed by atoms with E-state index in [4.69, 9.17) is 5.11 Å². The molecule has 18 heavy (non-hydrogen) atoms. The van der Waals surface area contributed by atoms with Gasteiger partial charge in [0.05, 0.1) is 17.4 Å². The van der Waals surface area contributed by atoms with Crippen LogP contribution >= 0.6 is 0 Å². The van der Waals surface area contributed by atoms with E-state index in [0.717, 1.165) is 0 Å². The van der Waals surface area contributed by atoms with Crippen molar-refractivity contribution in [2.45, 2.75) is 13.0 Å². The van der Waals surface area contributed by atoms with E-state index in [1.54, 1.807) is 0 Å². The number of carboxylic acids is 1. The Kier molecular flexibility index (Phi) is 4.08.